The van der Waals surface area contributed by atoms with Crippen molar-refractivity contribution in [3.05, 3.63) is 34.1 Å². The number of hydrogen-bond donors (Lipinski definition) is 0. The van der Waals surface area contributed by atoms with E-state index in [1.807, 2.05) is 6.92 Å². The summed E-state index contributed by atoms with van der Waals surface area (Å²) in [4.78, 5) is 13.6. The first-order chi connectivity index (χ1) is 6.24. The molecule has 1 aromatic rings. The van der Waals surface area contributed by atoms with Crippen LogP contribution in [0.15, 0.2) is 18.3 Å². The molecule has 13 heavy (non-hydrogen) atoms. The van der Waals surface area contributed by atoms with E-state index >= 15 is 0 Å². The van der Waals surface area contributed by atoms with Crippen LogP contribution in [-0.4, -0.2) is 9.91 Å². The predicted molar refractivity (Wildman–Crippen MR) is 48.1 cm³/mol. The van der Waals surface area contributed by atoms with E-state index in [0.29, 0.717) is 5.69 Å². The van der Waals surface area contributed by atoms with E-state index in [2.05, 4.69) is 16.8 Å². The van der Waals surface area contributed by atoms with Crippen LogP contribution in [0.3, 0.4) is 0 Å². The summed E-state index contributed by atoms with van der Waals surface area (Å²) in [5.74, 6) is 5.61. The lowest BCUT2D eigenvalue weighted by Gasteiger charge is -1.89. The van der Waals surface area contributed by atoms with E-state index in [4.69, 9.17) is 0 Å². The maximum absolute atomic E-state index is 10.3. The highest BCUT2D eigenvalue weighted by Gasteiger charge is 2.03. The average Bonchev–Trinajstić information content (AvgIpc) is 2.15. The Morgan fingerprint density at radius 3 is 2.85 bits per heavy atom. The molecule has 66 valence electrons. The van der Waals surface area contributed by atoms with Crippen molar-refractivity contribution in [1.29, 1.82) is 0 Å². The first-order valence-electron chi connectivity index (χ1n) is 3.83. The fourth-order valence-electron chi connectivity index (χ4n) is 0.747. The Morgan fingerprint density at radius 2 is 2.38 bits per heavy atom. The van der Waals surface area contributed by atoms with Crippen molar-refractivity contribution in [2.75, 3.05) is 0 Å². The molecule has 1 heterocycles. The van der Waals surface area contributed by atoms with Gasteiger partial charge in [0, 0.05) is 12.5 Å². The molecule has 0 fully saturated rings. The van der Waals surface area contributed by atoms with Gasteiger partial charge >= 0.3 is 0 Å². The Morgan fingerprint density at radius 1 is 1.62 bits per heavy atom. The number of nitro groups is 1. The number of rotatable bonds is 1. The lowest BCUT2D eigenvalue weighted by Crippen LogP contribution is -1.89. The van der Waals surface area contributed by atoms with E-state index in [9.17, 15) is 10.1 Å². The third kappa shape index (κ3) is 2.56. The minimum atomic E-state index is -0.482. The summed E-state index contributed by atoms with van der Waals surface area (Å²) < 4.78 is 0. The Balaban J connectivity index is 2.87. The molecule has 1 rings (SSSR count). The molecule has 0 amide bonds. The minimum Gasteiger partial charge on any atom is -0.258 e. The summed E-state index contributed by atoms with van der Waals surface area (Å²) in [6, 6.07) is 2.94. The molecule has 0 atom stereocenters. The van der Waals surface area contributed by atoms with Crippen LogP contribution in [0.5, 0.6) is 0 Å². The number of hydrogen-bond acceptors (Lipinski definition) is 3. The van der Waals surface area contributed by atoms with E-state index in [-0.39, 0.29) is 5.69 Å². The average molecular weight is 176 g/mol. The van der Waals surface area contributed by atoms with Gasteiger partial charge in [-0.05, 0) is 12.0 Å². The lowest BCUT2D eigenvalue weighted by molar-refractivity contribution is -0.385. The van der Waals surface area contributed by atoms with Crippen LogP contribution in [0, 0.1) is 22.0 Å². The van der Waals surface area contributed by atoms with Crippen LogP contribution in [0.2, 0.25) is 0 Å². The summed E-state index contributed by atoms with van der Waals surface area (Å²) in [5.41, 5.74) is 0.550. The monoisotopic (exact) mass is 176 g/mol. The van der Waals surface area contributed by atoms with Crippen molar-refractivity contribution in [3.63, 3.8) is 0 Å². The van der Waals surface area contributed by atoms with Crippen LogP contribution < -0.4 is 0 Å². The Kier molecular flexibility index (Phi) is 2.98. The molecule has 0 saturated carbocycles. The molecule has 0 bridgehead atoms. The normalized spacial score (nSPS) is 8.69. The standard InChI is InChI=1S/C9H8N2O2/c1-2-3-4-8-5-6-9(7-10-8)11(12)13/h5-7H,2H2,1H3. The van der Waals surface area contributed by atoms with Gasteiger partial charge in [0.1, 0.15) is 11.9 Å². The highest BCUT2D eigenvalue weighted by atomic mass is 16.6. The minimum absolute atomic E-state index is 0.0120. The van der Waals surface area contributed by atoms with Gasteiger partial charge in [-0.3, -0.25) is 10.1 Å². The van der Waals surface area contributed by atoms with Gasteiger partial charge in [0.05, 0.1) is 4.92 Å². The number of nitrogens with zero attached hydrogens (tertiary/aromatic N) is 2. The zero-order valence-electron chi connectivity index (χ0n) is 7.15. The Labute approximate surface area is 75.8 Å². The molecule has 0 aliphatic rings. The van der Waals surface area contributed by atoms with Gasteiger partial charge in [0.2, 0.25) is 0 Å². The Bertz CT molecular complexity index is 359. The smallest absolute Gasteiger partial charge is 0.258 e. The molecular formula is C9H8N2O2. The first-order valence-corrected chi connectivity index (χ1v) is 3.83. The van der Waals surface area contributed by atoms with Gasteiger partial charge in [-0.1, -0.05) is 12.8 Å². The largest absolute Gasteiger partial charge is 0.287 e. The summed E-state index contributed by atoms with van der Waals surface area (Å²) in [5, 5.41) is 10.3. The summed E-state index contributed by atoms with van der Waals surface area (Å²) in [6.07, 6.45) is 1.96. The second-order valence-corrected chi connectivity index (χ2v) is 2.31. The molecular weight excluding hydrogens is 168 g/mol. The van der Waals surface area contributed by atoms with Crippen LogP contribution in [0.1, 0.15) is 19.0 Å². The summed E-state index contributed by atoms with van der Waals surface area (Å²) in [6.45, 7) is 1.93. The Hall–Kier alpha value is -1.89. The zero-order chi connectivity index (χ0) is 9.68. The van der Waals surface area contributed by atoms with E-state index in [0.717, 1.165) is 6.42 Å². The zero-order valence-corrected chi connectivity index (χ0v) is 7.15. The fourth-order valence-corrected chi connectivity index (χ4v) is 0.747. The fraction of sp³-hybridized carbons (Fsp3) is 0.222. The van der Waals surface area contributed by atoms with Crippen molar-refractivity contribution in [3.8, 4) is 11.8 Å². The van der Waals surface area contributed by atoms with E-state index < -0.39 is 4.92 Å². The molecule has 0 aromatic carbocycles. The number of aromatic nitrogens is 1. The van der Waals surface area contributed by atoms with Gasteiger partial charge in [-0.25, -0.2) is 4.98 Å². The lowest BCUT2D eigenvalue weighted by atomic mass is 10.3. The second kappa shape index (κ2) is 4.21. The van der Waals surface area contributed by atoms with Crippen molar-refractivity contribution in [1.82, 2.24) is 4.98 Å². The van der Waals surface area contributed by atoms with Crippen molar-refractivity contribution in [2.24, 2.45) is 0 Å². The van der Waals surface area contributed by atoms with Gasteiger partial charge in [0.25, 0.3) is 5.69 Å². The molecule has 0 spiro atoms. The maximum Gasteiger partial charge on any atom is 0.287 e. The molecule has 1 aromatic heterocycles. The molecule has 4 nitrogen and oxygen atoms in total. The molecule has 0 aliphatic heterocycles. The van der Waals surface area contributed by atoms with E-state index in [1.165, 1.54) is 12.3 Å². The quantitative estimate of drug-likeness (QED) is 0.372. The van der Waals surface area contributed by atoms with Crippen molar-refractivity contribution in [2.45, 2.75) is 13.3 Å². The molecule has 0 unspecified atom stereocenters. The molecule has 0 radical (unpaired) electrons. The second-order valence-electron chi connectivity index (χ2n) is 2.31. The maximum atomic E-state index is 10.3. The van der Waals surface area contributed by atoms with Gasteiger partial charge < -0.3 is 0 Å². The highest BCUT2D eigenvalue weighted by molar-refractivity contribution is 5.34. The van der Waals surface area contributed by atoms with E-state index in [1.54, 1.807) is 6.07 Å². The third-order valence-electron chi connectivity index (χ3n) is 1.35. The highest BCUT2D eigenvalue weighted by Crippen LogP contribution is 2.07. The molecule has 0 saturated heterocycles. The molecule has 0 N–H and O–H groups in total. The van der Waals surface area contributed by atoms with Gasteiger partial charge in [0.15, 0.2) is 0 Å². The topological polar surface area (TPSA) is 56.0 Å². The van der Waals surface area contributed by atoms with Crippen LogP contribution in [0.4, 0.5) is 5.69 Å². The van der Waals surface area contributed by atoms with Crippen molar-refractivity contribution >= 4 is 5.69 Å². The molecule has 4 heteroatoms. The first kappa shape index (κ1) is 9.20. The van der Waals surface area contributed by atoms with Crippen LogP contribution in [-0.2, 0) is 0 Å². The third-order valence-corrected chi connectivity index (χ3v) is 1.35. The van der Waals surface area contributed by atoms with Gasteiger partial charge in [-0.2, -0.15) is 0 Å². The molecule has 0 aliphatic carbocycles. The summed E-state index contributed by atoms with van der Waals surface area (Å²) >= 11 is 0. The van der Waals surface area contributed by atoms with Gasteiger partial charge in [-0.15, -0.1) is 0 Å². The predicted octanol–water partition coefficient (Wildman–Crippen LogP) is 1.75. The van der Waals surface area contributed by atoms with Crippen LogP contribution >= 0.6 is 0 Å². The number of pyridine rings is 1. The van der Waals surface area contributed by atoms with Crippen molar-refractivity contribution < 1.29 is 4.92 Å². The van der Waals surface area contributed by atoms with Crippen LogP contribution in [0.25, 0.3) is 0 Å². The SMILES string of the molecule is CCC#Cc1ccc([N+](=O)[O-])cn1. The summed E-state index contributed by atoms with van der Waals surface area (Å²) in [7, 11) is 0.